The van der Waals surface area contributed by atoms with Gasteiger partial charge in [0.15, 0.2) is 9.84 Å². The molecule has 0 aliphatic carbocycles. The molecule has 0 radical (unpaired) electrons. The maximum Gasteiger partial charge on any atom is 0.153 e. The molecular weight excluding hydrogens is 333 g/mol. The number of hydrogen-bond acceptors (Lipinski definition) is 4. The Kier molecular flexibility index (Phi) is 5.54. The lowest BCUT2D eigenvalue weighted by Gasteiger charge is -2.33. The largest absolute Gasteiger partial charge is 0.388 e. The Hall–Kier alpha value is -0.330. The Morgan fingerprint density at radius 2 is 2.14 bits per heavy atom. The van der Waals surface area contributed by atoms with E-state index in [4.69, 9.17) is 23.2 Å². The maximum absolute atomic E-state index is 11.5. The van der Waals surface area contributed by atoms with Crippen molar-refractivity contribution in [1.29, 1.82) is 0 Å². The predicted molar refractivity (Wildman–Crippen MR) is 85.7 cm³/mol. The van der Waals surface area contributed by atoms with Crippen LogP contribution in [0, 0.1) is 0 Å². The van der Waals surface area contributed by atoms with Gasteiger partial charge in [0.1, 0.15) is 0 Å². The van der Waals surface area contributed by atoms with E-state index in [-0.39, 0.29) is 17.5 Å². The molecule has 118 valence electrons. The zero-order chi connectivity index (χ0) is 15.6. The number of aliphatic hydroxyl groups is 1. The zero-order valence-electron chi connectivity index (χ0n) is 11.8. The van der Waals surface area contributed by atoms with E-state index in [0.717, 1.165) is 0 Å². The normalized spacial score (nSPS) is 23.9. The van der Waals surface area contributed by atoms with E-state index in [1.54, 1.807) is 18.2 Å². The van der Waals surface area contributed by atoms with Crippen LogP contribution in [0.1, 0.15) is 25.0 Å². The molecule has 0 spiro atoms. The minimum absolute atomic E-state index is 0.0224. The van der Waals surface area contributed by atoms with Crippen molar-refractivity contribution in [1.82, 2.24) is 4.90 Å². The molecule has 7 heteroatoms. The maximum atomic E-state index is 11.5. The standard InChI is InChI=1S/C14H19Cl2NO3S/c1-10-9-21(19,20)8-7-17(10)6-5-13(18)11-3-2-4-12(15)14(11)16/h2-4,10,13,18H,5-9H2,1H3. The molecule has 1 aliphatic rings. The topological polar surface area (TPSA) is 57.6 Å². The molecule has 1 heterocycles. The predicted octanol–water partition coefficient (Wildman–Crippen LogP) is 2.54. The second-order valence-electron chi connectivity index (χ2n) is 5.45. The third kappa shape index (κ3) is 4.33. The van der Waals surface area contributed by atoms with Crippen molar-refractivity contribution in [3.8, 4) is 0 Å². The fourth-order valence-electron chi connectivity index (χ4n) is 2.59. The van der Waals surface area contributed by atoms with Gasteiger partial charge in [0.05, 0.1) is 27.7 Å². The van der Waals surface area contributed by atoms with E-state index in [2.05, 4.69) is 4.90 Å². The van der Waals surface area contributed by atoms with E-state index < -0.39 is 15.9 Å². The summed E-state index contributed by atoms with van der Waals surface area (Å²) in [6.07, 6.45) is -0.216. The molecule has 1 aliphatic heterocycles. The van der Waals surface area contributed by atoms with Gasteiger partial charge in [-0.3, -0.25) is 4.90 Å². The van der Waals surface area contributed by atoms with Gasteiger partial charge >= 0.3 is 0 Å². The smallest absolute Gasteiger partial charge is 0.153 e. The van der Waals surface area contributed by atoms with Gasteiger partial charge in [0.25, 0.3) is 0 Å². The van der Waals surface area contributed by atoms with Crippen LogP contribution in [0.4, 0.5) is 0 Å². The van der Waals surface area contributed by atoms with Gasteiger partial charge in [-0.05, 0) is 19.4 Å². The van der Waals surface area contributed by atoms with Gasteiger partial charge in [0.2, 0.25) is 0 Å². The molecule has 0 aromatic heterocycles. The van der Waals surface area contributed by atoms with Crippen LogP contribution in [0.2, 0.25) is 10.0 Å². The van der Waals surface area contributed by atoms with E-state index in [1.165, 1.54) is 0 Å². The molecule has 1 fully saturated rings. The summed E-state index contributed by atoms with van der Waals surface area (Å²) < 4.78 is 23.1. The van der Waals surface area contributed by atoms with E-state index in [9.17, 15) is 13.5 Å². The van der Waals surface area contributed by atoms with E-state index in [0.29, 0.717) is 35.1 Å². The summed E-state index contributed by atoms with van der Waals surface area (Å²) in [5.74, 6) is 0.367. The van der Waals surface area contributed by atoms with Gasteiger partial charge < -0.3 is 5.11 Å². The molecule has 1 aromatic rings. The number of aliphatic hydroxyl groups excluding tert-OH is 1. The summed E-state index contributed by atoms with van der Waals surface area (Å²) in [6.45, 7) is 3.04. The second kappa shape index (κ2) is 6.84. The molecule has 1 aromatic carbocycles. The van der Waals surface area contributed by atoms with Crippen molar-refractivity contribution in [2.75, 3.05) is 24.6 Å². The first-order valence-corrected chi connectivity index (χ1v) is 9.44. The third-order valence-electron chi connectivity index (χ3n) is 3.84. The summed E-state index contributed by atoms with van der Waals surface area (Å²) in [4.78, 5) is 2.09. The Balaban J connectivity index is 1.95. The lowest BCUT2D eigenvalue weighted by molar-refractivity contribution is 0.132. The van der Waals surface area contributed by atoms with Crippen molar-refractivity contribution < 1.29 is 13.5 Å². The first-order chi connectivity index (χ1) is 9.80. The minimum Gasteiger partial charge on any atom is -0.388 e. The molecule has 2 unspecified atom stereocenters. The average molecular weight is 352 g/mol. The summed E-state index contributed by atoms with van der Waals surface area (Å²) in [6, 6.07) is 5.16. The van der Waals surface area contributed by atoms with Crippen LogP contribution in [0.3, 0.4) is 0 Å². The SMILES string of the molecule is CC1CS(=O)(=O)CCN1CCC(O)c1cccc(Cl)c1Cl. The first kappa shape index (κ1) is 17.0. The Morgan fingerprint density at radius 1 is 1.43 bits per heavy atom. The number of benzene rings is 1. The summed E-state index contributed by atoms with van der Waals surface area (Å²) in [5.41, 5.74) is 0.612. The van der Waals surface area contributed by atoms with Gasteiger partial charge in [-0.25, -0.2) is 8.42 Å². The Morgan fingerprint density at radius 3 is 2.81 bits per heavy atom. The molecule has 0 saturated carbocycles. The number of sulfone groups is 1. The lowest BCUT2D eigenvalue weighted by Crippen LogP contribution is -2.47. The molecule has 0 bridgehead atoms. The minimum atomic E-state index is -2.91. The zero-order valence-corrected chi connectivity index (χ0v) is 14.1. The van der Waals surface area contributed by atoms with E-state index in [1.807, 2.05) is 6.92 Å². The lowest BCUT2D eigenvalue weighted by atomic mass is 10.1. The van der Waals surface area contributed by atoms with Crippen LogP contribution in [-0.4, -0.2) is 49.1 Å². The highest BCUT2D eigenvalue weighted by Crippen LogP contribution is 2.31. The van der Waals surface area contributed by atoms with Crippen molar-refractivity contribution in [3.05, 3.63) is 33.8 Å². The highest BCUT2D eigenvalue weighted by Gasteiger charge is 2.28. The second-order valence-corrected chi connectivity index (χ2v) is 8.46. The van der Waals surface area contributed by atoms with Crippen LogP contribution in [0.25, 0.3) is 0 Å². The molecule has 1 N–H and O–H groups in total. The van der Waals surface area contributed by atoms with Crippen molar-refractivity contribution in [2.45, 2.75) is 25.5 Å². The monoisotopic (exact) mass is 351 g/mol. The van der Waals surface area contributed by atoms with E-state index >= 15 is 0 Å². The van der Waals surface area contributed by atoms with Crippen LogP contribution in [0.15, 0.2) is 18.2 Å². The molecule has 21 heavy (non-hydrogen) atoms. The highest BCUT2D eigenvalue weighted by molar-refractivity contribution is 7.91. The van der Waals surface area contributed by atoms with Crippen molar-refractivity contribution in [3.63, 3.8) is 0 Å². The molecule has 4 nitrogen and oxygen atoms in total. The third-order valence-corrected chi connectivity index (χ3v) is 6.47. The van der Waals surface area contributed by atoms with Gasteiger partial charge in [-0.15, -0.1) is 0 Å². The van der Waals surface area contributed by atoms with Crippen LogP contribution < -0.4 is 0 Å². The average Bonchev–Trinajstić information content (AvgIpc) is 2.40. The number of hydrogen-bond donors (Lipinski definition) is 1. The summed E-state index contributed by atoms with van der Waals surface area (Å²) >= 11 is 12.0. The fourth-order valence-corrected chi connectivity index (χ4v) is 4.65. The van der Waals surface area contributed by atoms with Gasteiger partial charge in [0, 0.05) is 24.7 Å². The van der Waals surface area contributed by atoms with Crippen molar-refractivity contribution >= 4 is 33.0 Å². The van der Waals surface area contributed by atoms with Crippen LogP contribution >= 0.6 is 23.2 Å². The van der Waals surface area contributed by atoms with Crippen molar-refractivity contribution in [2.24, 2.45) is 0 Å². The number of rotatable bonds is 4. The molecule has 0 amide bonds. The highest BCUT2D eigenvalue weighted by atomic mass is 35.5. The molecule has 1 saturated heterocycles. The van der Waals surface area contributed by atoms with Crippen LogP contribution in [-0.2, 0) is 9.84 Å². The Labute approximate surface area is 135 Å². The number of nitrogens with zero attached hydrogens (tertiary/aromatic N) is 1. The van der Waals surface area contributed by atoms with Crippen LogP contribution in [0.5, 0.6) is 0 Å². The van der Waals surface area contributed by atoms with Gasteiger partial charge in [-0.1, -0.05) is 35.3 Å². The Bertz CT molecular complexity index is 606. The summed E-state index contributed by atoms with van der Waals surface area (Å²) in [5, 5.41) is 11.1. The molecule has 2 rings (SSSR count). The molecular formula is C14H19Cl2NO3S. The summed E-state index contributed by atoms with van der Waals surface area (Å²) in [7, 11) is -2.91. The first-order valence-electron chi connectivity index (χ1n) is 6.86. The quantitative estimate of drug-likeness (QED) is 0.905. The van der Waals surface area contributed by atoms with Gasteiger partial charge in [-0.2, -0.15) is 0 Å². The fraction of sp³-hybridized carbons (Fsp3) is 0.571. The number of halogens is 2. The molecule has 2 atom stereocenters.